The summed E-state index contributed by atoms with van der Waals surface area (Å²) in [5.41, 5.74) is 0. The van der Waals surface area contributed by atoms with Crippen LogP contribution >= 0.6 is 11.8 Å². The predicted molar refractivity (Wildman–Crippen MR) is 66.6 cm³/mol. The Morgan fingerprint density at radius 1 is 1.50 bits per heavy atom. The fourth-order valence-corrected chi connectivity index (χ4v) is 2.33. The first-order valence-electron chi connectivity index (χ1n) is 5.48. The van der Waals surface area contributed by atoms with E-state index in [-0.39, 0.29) is 0 Å². The molecule has 1 aromatic rings. The van der Waals surface area contributed by atoms with Gasteiger partial charge in [-0.2, -0.15) is 0 Å². The minimum atomic E-state index is 0.495. The highest BCUT2D eigenvalue weighted by Gasteiger charge is 2.10. The van der Waals surface area contributed by atoms with Gasteiger partial charge >= 0.3 is 0 Å². The number of rotatable bonds is 8. The van der Waals surface area contributed by atoms with Crippen LogP contribution in [0.2, 0.25) is 0 Å². The van der Waals surface area contributed by atoms with Crippen LogP contribution in [0, 0.1) is 0 Å². The molecular formula is C11H19N3OS. The molecule has 0 radical (unpaired) electrons. The van der Waals surface area contributed by atoms with Crippen molar-refractivity contribution in [2.75, 3.05) is 12.9 Å². The number of hydrogen-bond acceptors (Lipinski definition) is 4. The molecule has 4 nitrogen and oxygen atoms in total. The molecule has 0 unspecified atom stereocenters. The summed E-state index contributed by atoms with van der Waals surface area (Å²) in [4.78, 5) is 0. The molecule has 0 fully saturated rings. The van der Waals surface area contributed by atoms with Gasteiger partial charge in [0, 0.05) is 19.4 Å². The summed E-state index contributed by atoms with van der Waals surface area (Å²) in [6.45, 7) is 7.17. The second-order valence-corrected chi connectivity index (χ2v) is 4.50. The third-order valence-corrected chi connectivity index (χ3v) is 3.16. The molecule has 16 heavy (non-hydrogen) atoms. The predicted octanol–water partition coefficient (Wildman–Crippen LogP) is 2.50. The first-order chi connectivity index (χ1) is 7.83. The fraction of sp³-hybridized carbons (Fsp3) is 0.636. The maximum absolute atomic E-state index is 5.09. The van der Waals surface area contributed by atoms with Gasteiger partial charge in [0.25, 0.3) is 0 Å². The van der Waals surface area contributed by atoms with Gasteiger partial charge in [-0.1, -0.05) is 31.2 Å². The fourth-order valence-electron chi connectivity index (χ4n) is 1.28. The Morgan fingerprint density at radius 3 is 2.94 bits per heavy atom. The SMILES string of the molecule is C=CCn1c(COC)nnc1SCCCC. The highest BCUT2D eigenvalue weighted by Crippen LogP contribution is 2.18. The average Bonchev–Trinajstić information content (AvgIpc) is 2.64. The second-order valence-electron chi connectivity index (χ2n) is 3.43. The van der Waals surface area contributed by atoms with E-state index in [1.54, 1.807) is 18.9 Å². The van der Waals surface area contributed by atoms with Gasteiger partial charge < -0.3 is 9.30 Å². The summed E-state index contributed by atoms with van der Waals surface area (Å²) in [7, 11) is 1.66. The van der Waals surface area contributed by atoms with Crippen LogP contribution in [0.4, 0.5) is 0 Å². The van der Waals surface area contributed by atoms with Crippen molar-refractivity contribution in [3.63, 3.8) is 0 Å². The third-order valence-electron chi connectivity index (χ3n) is 2.11. The van der Waals surface area contributed by atoms with E-state index in [0.29, 0.717) is 6.61 Å². The van der Waals surface area contributed by atoms with Gasteiger partial charge in [0.2, 0.25) is 0 Å². The van der Waals surface area contributed by atoms with E-state index in [1.165, 1.54) is 12.8 Å². The second kappa shape index (κ2) is 7.46. The molecule has 0 spiro atoms. The first-order valence-corrected chi connectivity index (χ1v) is 6.46. The molecule has 0 saturated carbocycles. The lowest BCUT2D eigenvalue weighted by molar-refractivity contribution is 0.174. The molecule has 0 aliphatic carbocycles. The first kappa shape index (κ1) is 13.3. The molecule has 1 rings (SSSR count). The molecule has 0 N–H and O–H groups in total. The standard InChI is InChI=1S/C11H19N3OS/c1-4-6-8-16-11-13-12-10(9-15-3)14(11)7-5-2/h5H,2,4,6-9H2,1,3H3. The smallest absolute Gasteiger partial charge is 0.191 e. The molecule has 0 aliphatic rings. The van der Waals surface area contributed by atoms with Gasteiger partial charge in [-0.15, -0.1) is 16.8 Å². The maximum Gasteiger partial charge on any atom is 0.191 e. The lowest BCUT2D eigenvalue weighted by Gasteiger charge is -2.06. The number of allylic oxidation sites excluding steroid dienone is 1. The Balaban J connectivity index is 2.69. The molecular weight excluding hydrogens is 222 g/mol. The summed E-state index contributed by atoms with van der Waals surface area (Å²) in [5, 5.41) is 9.25. The van der Waals surface area contributed by atoms with Gasteiger partial charge in [0.05, 0.1) is 0 Å². The van der Waals surface area contributed by atoms with Gasteiger partial charge in [-0.05, 0) is 6.42 Å². The summed E-state index contributed by atoms with van der Waals surface area (Å²) in [6, 6.07) is 0. The summed E-state index contributed by atoms with van der Waals surface area (Å²) >= 11 is 1.74. The minimum absolute atomic E-state index is 0.495. The minimum Gasteiger partial charge on any atom is -0.377 e. The van der Waals surface area contributed by atoms with Crippen molar-refractivity contribution in [2.45, 2.75) is 38.1 Å². The van der Waals surface area contributed by atoms with Gasteiger partial charge in [0.1, 0.15) is 6.61 Å². The quantitative estimate of drug-likeness (QED) is 0.398. The van der Waals surface area contributed by atoms with Crippen LogP contribution in [0.25, 0.3) is 0 Å². The largest absolute Gasteiger partial charge is 0.377 e. The van der Waals surface area contributed by atoms with Crippen molar-refractivity contribution in [3.05, 3.63) is 18.5 Å². The molecule has 1 heterocycles. The zero-order valence-corrected chi connectivity index (χ0v) is 10.8. The number of unbranched alkanes of at least 4 members (excludes halogenated alkanes) is 1. The van der Waals surface area contributed by atoms with Gasteiger partial charge in [-0.25, -0.2) is 0 Å². The normalized spacial score (nSPS) is 10.6. The summed E-state index contributed by atoms with van der Waals surface area (Å²) < 4.78 is 7.14. The number of aromatic nitrogens is 3. The Labute approximate surface area is 101 Å². The molecule has 1 aromatic heterocycles. The molecule has 5 heteroatoms. The topological polar surface area (TPSA) is 39.9 Å². The molecule has 0 atom stereocenters. The van der Waals surface area contributed by atoms with E-state index >= 15 is 0 Å². The van der Waals surface area contributed by atoms with E-state index < -0.39 is 0 Å². The third kappa shape index (κ3) is 3.64. The van der Waals surface area contributed by atoms with Gasteiger partial charge in [-0.3, -0.25) is 0 Å². The van der Waals surface area contributed by atoms with Crippen molar-refractivity contribution in [3.8, 4) is 0 Å². The Kier molecular flexibility index (Phi) is 6.18. The Hall–Kier alpha value is -0.810. The van der Waals surface area contributed by atoms with Crippen LogP contribution in [-0.2, 0) is 17.9 Å². The number of thioether (sulfide) groups is 1. The molecule has 90 valence electrons. The van der Waals surface area contributed by atoms with Crippen LogP contribution in [0.3, 0.4) is 0 Å². The van der Waals surface area contributed by atoms with E-state index in [1.807, 2.05) is 6.08 Å². The number of hydrogen-bond donors (Lipinski definition) is 0. The molecule has 0 bridgehead atoms. The van der Waals surface area contributed by atoms with Crippen molar-refractivity contribution < 1.29 is 4.74 Å². The van der Waals surface area contributed by atoms with Crippen LogP contribution in [-0.4, -0.2) is 27.6 Å². The zero-order chi connectivity index (χ0) is 11.8. The Morgan fingerprint density at radius 2 is 2.31 bits per heavy atom. The zero-order valence-electron chi connectivity index (χ0n) is 9.98. The number of ether oxygens (including phenoxy) is 1. The highest BCUT2D eigenvalue weighted by molar-refractivity contribution is 7.99. The summed E-state index contributed by atoms with van der Waals surface area (Å²) in [6.07, 6.45) is 4.26. The highest BCUT2D eigenvalue weighted by atomic mass is 32.2. The van der Waals surface area contributed by atoms with E-state index in [0.717, 1.165) is 23.3 Å². The van der Waals surface area contributed by atoms with Crippen molar-refractivity contribution in [1.82, 2.24) is 14.8 Å². The molecule has 0 saturated heterocycles. The molecule has 0 aromatic carbocycles. The van der Waals surface area contributed by atoms with Crippen LogP contribution < -0.4 is 0 Å². The number of methoxy groups -OCH3 is 1. The van der Waals surface area contributed by atoms with E-state index in [9.17, 15) is 0 Å². The van der Waals surface area contributed by atoms with Crippen molar-refractivity contribution >= 4 is 11.8 Å². The van der Waals surface area contributed by atoms with Gasteiger partial charge in [0.15, 0.2) is 11.0 Å². The van der Waals surface area contributed by atoms with E-state index in [2.05, 4.69) is 28.3 Å². The van der Waals surface area contributed by atoms with E-state index in [4.69, 9.17) is 4.74 Å². The molecule has 0 amide bonds. The maximum atomic E-state index is 5.09. The number of nitrogens with zero attached hydrogens (tertiary/aromatic N) is 3. The summed E-state index contributed by atoms with van der Waals surface area (Å²) in [5.74, 6) is 1.94. The van der Waals surface area contributed by atoms with Crippen LogP contribution in [0.1, 0.15) is 25.6 Å². The van der Waals surface area contributed by atoms with Crippen LogP contribution in [0.15, 0.2) is 17.8 Å². The van der Waals surface area contributed by atoms with Crippen molar-refractivity contribution in [1.29, 1.82) is 0 Å². The van der Waals surface area contributed by atoms with Crippen LogP contribution in [0.5, 0.6) is 0 Å². The lowest BCUT2D eigenvalue weighted by atomic mass is 10.4. The lowest BCUT2D eigenvalue weighted by Crippen LogP contribution is -2.05. The monoisotopic (exact) mass is 241 g/mol. The van der Waals surface area contributed by atoms with Crippen molar-refractivity contribution in [2.24, 2.45) is 0 Å². The Bertz CT molecular complexity index is 325. The molecule has 0 aliphatic heterocycles. The average molecular weight is 241 g/mol.